The highest BCUT2D eigenvalue weighted by Crippen LogP contribution is 2.19. The molecule has 2 rings (SSSR count). The van der Waals surface area contributed by atoms with Crippen LogP contribution in [0.15, 0.2) is 29.3 Å². The summed E-state index contributed by atoms with van der Waals surface area (Å²) in [7, 11) is 3.87. The van der Waals surface area contributed by atoms with Gasteiger partial charge in [0.1, 0.15) is 5.75 Å². The Bertz CT molecular complexity index is 585. The van der Waals surface area contributed by atoms with Gasteiger partial charge in [0.15, 0.2) is 5.96 Å². The van der Waals surface area contributed by atoms with Crippen molar-refractivity contribution in [1.82, 2.24) is 20.4 Å². The summed E-state index contributed by atoms with van der Waals surface area (Å²) in [6.45, 7) is 3.95. The maximum atomic E-state index is 12.5. The number of nitrogens with zero attached hydrogens (tertiary/aromatic N) is 3. The van der Waals surface area contributed by atoms with Crippen molar-refractivity contribution in [3.63, 3.8) is 0 Å². The van der Waals surface area contributed by atoms with Crippen molar-refractivity contribution < 1.29 is 13.5 Å². The van der Waals surface area contributed by atoms with E-state index in [-0.39, 0.29) is 5.75 Å². The fourth-order valence-electron chi connectivity index (χ4n) is 3.09. The molecule has 1 fully saturated rings. The van der Waals surface area contributed by atoms with Gasteiger partial charge in [-0.05, 0) is 45.6 Å². The van der Waals surface area contributed by atoms with Gasteiger partial charge in [0.2, 0.25) is 0 Å². The summed E-state index contributed by atoms with van der Waals surface area (Å²) in [4.78, 5) is 9.06. The number of rotatable bonds is 8. The molecular weight excluding hydrogens is 352 g/mol. The van der Waals surface area contributed by atoms with E-state index in [1.54, 1.807) is 25.2 Å². The van der Waals surface area contributed by atoms with Crippen molar-refractivity contribution in [2.45, 2.75) is 26.0 Å². The van der Waals surface area contributed by atoms with Gasteiger partial charge in [-0.1, -0.05) is 18.2 Å². The molecule has 0 aromatic heterocycles. The Morgan fingerprint density at radius 2 is 2.00 bits per heavy atom. The molecule has 27 heavy (non-hydrogen) atoms. The van der Waals surface area contributed by atoms with Gasteiger partial charge in [-0.15, -0.1) is 0 Å². The van der Waals surface area contributed by atoms with Gasteiger partial charge in [-0.2, -0.15) is 8.78 Å². The molecule has 8 heteroatoms. The SMILES string of the molecule is CN=C(NCCCN1CCCN(C)CC1)NCc1ccccc1OC(F)F. The molecule has 1 heterocycles. The molecule has 0 saturated carbocycles. The van der Waals surface area contributed by atoms with E-state index in [9.17, 15) is 8.78 Å². The lowest BCUT2D eigenvalue weighted by Gasteiger charge is -2.20. The van der Waals surface area contributed by atoms with Crippen LogP contribution in [0.5, 0.6) is 5.75 Å². The number of benzene rings is 1. The van der Waals surface area contributed by atoms with E-state index in [2.05, 4.69) is 37.2 Å². The predicted molar refractivity (Wildman–Crippen MR) is 104 cm³/mol. The highest BCUT2D eigenvalue weighted by molar-refractivity contribution is 5.79. The van der Waals surface area contributed by atoms with E-state index in [0.29, 0.717) is 18.1 Å². The lowest BCUT2D eigenvalue weighted by atomic mass is 10.2. The van der Waals surface area contributed by atoms with Crippen molar-refractivity contribution in [3.8, 4) is 5.75 Å². The maximum absolute atomic E-state index is 12.5. The zero-order valence-electron chi connectivity index (χ0n) is 16.3. The Hall–Kier alpha value is -1.93. The van der Waals surface area contributed by atoms with Crippen LogP contribution in [0.4, 0.5) is 8.78 Å². The highest BCUT2D eigenvalue weighted by Gasteiger charge is 2.12. The van der Waals surface area contributed by atoms with Crippen molar-refractivity contribution in [2.24, 2.45) is 4.99 Å². The summed E-state index contributed by atoms with van der Waals surface area (Å²) in [6, 6.07) is 6.77. The minimum absolute atomic E-state index is 0.182. The monoisotopic (exact) mass is 383 g/mol. The summed E-state index contributed by atoms with van der Waals surface area (Å²) in [5.41, 5.74) is 0.662. The number of para-hydroxylation sites is 1. The lowest BCUT2D eigenvalue weighted by molar-refractivity contribution is -0.0504. The van der Waals surface area contributed by atoms with Crippen LogP contribution in [0.3, 0.4) is 0 Å². The molecular formula is C19H31F2N5O. The third-order valence-electron chi connectivity index (χ3n) is 4.61. The lowest BCUT2D eigenvalue weighted by Crippen LogP contribution is -2.38. The molecule has 0 atom stereocenters. The molecule has 0 radical (unpaired) electrons. The van der Waals surface area contributed by atoms with Gasteiger partial charge in [0.25, 0.3) is 0 Å². The van der Waals surface area contributed by atoms with Crippen molar-refractivity contribution in [1.29, 1.82) is 0 Å². The van der Waals surface area contributed by atoms with Crippen LogP contribution in [0.25, 0.3) is 0 Å². The van der Waals surface area contributed by atoms with Gasteiger partial charge < -0.3 is 25.2 Å². The Labute approximate surface area is 160 Å². The summed E-state index contributed by atoms with van der Waals surface area (Å²) in [5.74, 6) is 0.832. The standard InChI is InChI=1S/C19H31F2N5O/c1-22-19(23-9-5-11-26-12-6-10-25(2)13-14-26)24-15-16-7-3-4-8-17(16)27-18(20)21/h3-4,7-8,18H,5-6,9-15H2,1-2H3,(H2,22,23,24). The molecule has 1 aliphatic rings. The van der Waals surface area contributed by atoms with E-state index < -0.39 is 6.61 Å². The van der Waals surface area contributed by atoms with E-state index in [1.165, 1.54) is 19.0 Å². The first-order valence-electron chi connectivity index (χ1n) is 9.46. The highest BCUT2D eigenvalue weighted by atomic mass is 19.3. The molecule has 0 spiro atoms. The number of alkyl halides is 2. The van der Waals surface area contributed by atoms with E-state index in [0.717, 1.165) is 39.1 Å². The van der Waals surface area contributed by atoms with E-state index in [1.807, 2.05) is 0 Å². The van der Waals surface area contributed by atoms with E-state index >= 15 is 0 Å². The summed E-state index contributed by atoms with van der Waals surface area (Å²) >= 11 is 0. The largest absolute Gasteiger partial charge is 0.434 e. The second-order valence-corrected chi connectivity index (χ2v) is 6.69. The molecule has 1 aliphatic heterocycles. The molecule has 2 N–H and O–H groups in total. The molecule has 6 nitrogen and oxygen atoms in total. The number of ether oxygens (including phenoxy) is 1. The first-order chi connectivity index (χ1) is 13.1. The van der Waals surface area contributed by atoms with Crippen LogP contribution >= 0.6 is 0 Å². The van der Waals surface area contributed by atoms with Crippen LogP contribution < -0.4 is 15.4 Å². The Morgan fingerprint density at radius 3 is 2.78 bits per heavy atom. The molecule has 0 aliphatic carbocycles. The van der Waals surface area contributed by atoms with Gasteiger partial charge in [0, 0.05) is 38.8 Å². The molecule has 0 unspecified atom stereocenters. The first kappa shape index (κ1) is 21.4. The molecule has 1 aromatic carbocycles. The Morgan fingerprint density at radius 1 is 1.19 bits per heavy atom. The maximum Gasteiger partial charge on any atom is 0.387 e. The van der Waals surface area contributed by atoms with Crippen LogP contribution in [0.2, 0.25) is 0 Å². The zero-order chi connectivity index (χ0) is 19.5. The summed E-state index contributed by atoms with van der Waals surface area (Å²) < 4.78 is 29.5. The number of hydrogen-bond acceptors (Lipinski definition) is 4. The molecule has 0 bridgehead atoms. The van der Waals surface area contributed by atoms with Crippen LogP contribution in [-0.4, -0.2) is 75.7 Å². The minimum atomic E-state index is -2.83. The quantitative estimate of drug-likeness (QED) is 0.408. The number of likely N-dealkylation sites (N-methyl/N-ethyl adjacent to an activating group) is 1. The van der Waals surface area contributed by atoms with Crippen LogP contribution in [0.1, 0.15) is 18.4 Å². The van der Waals surface area contributed by atoms with Gasteiger partial charge in [-0.3, -0.25) is 4.99 Å². The fraction of sp³-hybridized carbons (Fsp3) is 0.632. The first-order valence-corrected chi connectivity index (χ1v) is 9.46. The topological polar surface area (TPSA) is 52.1 Å². The van der Waals surface area contributed by atoms with Gasteiger partial charge >= 0.3 is 6.61 Å². The average Bonchev–Trinajstić information content (AvgIpc) is 2.86. The second-order valence-electron chi connectivity index (χ2n) is 6.69. The average molecular weight is 383 g/mol. The van der Waals surface area contributed by atoms with Crippen molar-refractivity contribution in [2.75, 3.05) is 53.4 Å². The number of hydrogen-bond donors (Lipinski definition) is 2. The molecule has 1 saturated heterocycles. The number of nitrogens with one attached hydrogen (secondary N) is 2. The Kier molecular flexibility index (Phi) is 9.27. The predicted octanol–water partition coefficient (Wildman–Crippen LogP) is 1.98. The molecule has 0 amide bonds. The summed E-state index contributed by atoms with van der Waals surface area (Å²) in [6.07, 6.45) is 2.24. The molecule has 1 aromatic rings. The number of aliphatic imine (C=N–C) groups is 1. The van der Waals surface area contributed by atoms with Crippen LogP contribution in [-0.2, 0) is 6.54 Å². The third-order valence-corrected chi connectivity index (χ3v) is 4.61. The molecule has 152 valence electrons. The summed E-state index contributed by atoms with van der Waals surface area (Å²) in [5, 5.41) is 6.42. The zero-order valence-corrected chi connectivity index (χ0v) is 16.3. The number of halogens is 2. The van der Waals surface area contributed by atoms with Crippen LogP contribution in [0, 0.1) is 0 Å². The second kappa shape index (κ2) is 11.7. The van der Waals surface area contributed by atoms with Crippen molar-refractivity contribution in [3.05, 3.63) is 29.8 Å². The van der Waals surface area contributed by atoms with Gasteiger partial charge in [-0.25, -0.2) is 0 Å². The van der Waals surface area contributed by atoms with E-state index in [4.69, 9.17) is 0 Å². The Balaban J connectivity index is 1.70. The smallest absolute Gasteiger partial charge is 0.387 e. The number of guanidine groups is 1. The minimum Gasteiger partial charge on any atom is -0.434 e. The normalized spacial score (nSPS) is 17.0. The van der Waals surface area contributed by atoms with Gasteiger partial charge in [0.05, 0.1) is 0 Å². The third kappa shape index (κ3) is 8.09. The fourth-order valence-corrected chi connectivity index (χ4v) is 3.09. The van der Waals surface area contributed by atoms with Crippen molar-refractivity contribution >= 4 is 5.96 Å².